The Morgan fingerprint density at radius 2 is 1.72 bits per heavy atom. The van der Waals surface area contributed by atoms with Gasteiger partial charge in [-0.05, 0) is 76.6 Å². The quantitative estimate of drug-likeness (QED) is 0.308. The number of aromatic nitrogens is 2. The van der Waals surface area contributed by atoms with Crippen LogP contribution in [-0.2, 0) is 24.4 Å². The average molecular weight is 701 g/mol. The Kier molecular flexibility index (Phi) is 9.04. The van der Waals surface area contributed by atoms with Crippen molar-refractivity contribution in [2.75, 3.05) is 11.9 Å². The van der Waals surface area contributed by atoms with Crippen molar-refractivity contribution in [3.63, 3.8) is 0 Å². The van der Waals surface area contributed by atoms with E-state index >= 15 is 0 Å². The molecule has 0 bridgehead atoms. The van der Waals surface area contributed by atoms with Gasteiger partial charge in [-0.3, -0.25) is 19.1 Å². The second kappa shape index (κ2) is 13.3. The number of hydrogen-bond donors (Lipinski definition) is 3. The standard InChI is InChI=1S/C37H44N6O6S/c1-24-33(40-29-17-12-11-16-28(29)38-24)49-27-21-31-32(44)41-37(35(46)42-50(47,48)36(2)19-20-36)22-25(37)13-7-4-3-5-10-18-30(34(45)43(31)23-27)39-26-14-8-6-9-15-26/h6-9,11-17,25,27,30-31,39H,3-5,10,18-23H2,1-2H3,(H,41,44)(H,42,46)/b13-7-/t25-,27+,30-,31-,37+/m0/s1. The molecule has 3 aromatic rings. The van der Waals surface area contributed by atoms with E-state index in [-0.39, 0.29) is 31.2 Å². The van der Waals surface area contributed by atoms with Crippen LogP contribution in [0, 0.1) is 12.8 Å². The molecule has 1 aromatic heterocycles. The van der Waals surface area contributed by atoms with Gasteiger partial charge >= 0.3 is 0 Å². The van der Waals surface area contributed by atoms with Crippen molar-refractivity contribution in [1.29, 1.82) is 0 Å². The second-order valence-corrected chi connectivity index (χ2v) is 16.6. The molecule has 2 saturated carbocycles. The third-order valence-corrected chi connectivity index (χ3v) is 12.7. The summed E-state index contributed by atoms with van der Waals surface area (Å²) in [7, 11) is -3.94. The van der Waals surface area contributed by atoms with Crippen molar-refractivity contribution in [3.8, 4) is 5.88 Å². The SMILES string of the molecule is Cc1nc2ccccc2nc1O[C@@H]1C[C@H]2C(=O)N[C@]3(C(=O)NS(=O)(=O)C4(C)CC4)C[C@@H]3/C=C\CCCCC[C@H](Nc3ccccc3)C(=O)N2C1. The van der Waals surface area contributed by atoms with E-state index < -0.39 is 50.3 Å². The highest BCUT2D eigenvalue weighted by Crippen LogP contribution is 2.47. The monoisotopic (exact) mass is 700 g/mol. The molecule has 0 spiro atoms. The number of carbonyl (C=O) groups excluding carboxylic acids is 3. The minimum atomic E-state index is -3.94. The van der Waals surface area contributed by atoms with Crippen molar-refractivity contribution in [2.45, 2.75) is 100 Å². The van der Waals surface area contributed by atoms with Gasteiger partial charge in [0.15, 0.2) is 0 Å². The third kappa shape index (κ3) is 6.79. The zero-order valence-corrected chi connectivity index (χ0v) is 29.2. The summed E-state index contributed by atoms with van der Waals surface area (Å²) in [5.74, 6) is -1.57. The zero-order chi connectivity index (χ0) is 35.1. The highest BCUT2D eigenvalue weighted by Gasteiger charge is 2.63. The number of benzene rings is 2. The van der Waals surface area contributed by atoms with Gasteiger partial charge in [0.1, 0.15) is 29.4 Å². The van der Waals surface area contributed by atoms with E-state index in [2.05, 4.69) is 25.3 Å². The Hall–Kier alpha value is -4.52. The number of rotatable bonds is 7. The lowest BCUT2D eigenvalue weighted by Crippen LogP contribution is -2.58. The Morgan fingerprint density at radius 3 is 2.46 bits per heavy atom. The molecule has 3 fully saturated rings. The normalized spacial score (nSPS) is 28.6. The summed E-state index contributed by atoms with van der Waals surface area (Å²) in [6.45, 7) is 3.54. The molecule has 2 aliphatic heterocycles. The molecule has 4 aliphatic rings. The van der Waals surface area contributed by atoms with Crippen molar-refractivity contribution in [3.05, 3.63) is 72.4 Å². The van der Waals surface area contributed by atoms with E-state index in [1.165, 1.54) is 0 Å². The van der Waals surface area contributed by atoms with Gasteiger partial charge in [-0.15, -0.1) is 0 Å². The number of fused-ring (bicyclic) bond motifs is 3. The molecule has 3 amide bonds. The number of anilines is 1. The summed E-state index contributed by atoms with van der Waals surface area (Å²) in [5.41, 5.74) is 1.33. The molecule has 13 heteroatoms. The minimum absolute atomic E-state index is 0.118. The van der Waals surface area contributed by atoms with Crippen LogP contribution in [0.1, 0.15) is 70.4 Å². The smallest absolute Gasteiger partial charge is 0.259 e. The summed E-state index contributed by atoms with van der Waals surface area (Å²) in [4.78, 5) is 53.5. The summed E-state index contributed by atoms with van der Waals surface area (Å²) in [5, 5.41) is 6.34. The second-order valence-electron chi connectivity index (χ2n) is 14.4. The molecular weight excluding hydrogens is 657 g/mol. The highest BCUT2D eigenvalue weighted by molar-refractivity contribution is 7.91. The van der Waals surface area contributed by atoms with Crippen LogP contribution in [0.5, 0.6) is 5.88 Å². The molecule has 264 valence electrons. The molecule has 2 aliphatic carbocycles. The number of sulfonamides is 1. The number of carbonyl (C=O) groups is 3. The van der Waals surface area contributed by atoms with E-state index in [0.717, 1.165) is 36.9 Å². The molecule has 0 radical (unpaired) electrons. The molecule has 7 rings (SSSR count). The van der Waals surface area contributed by atoms with E-state index in [1.807, 2.05) is 66.7 Å². The summed E-state index contributed by atoms with van der Waals surface area (Å²) < 4.78 is 33.9. The summed E-state index contributed by atoms with van der Waals surface area (Å²) >= 11 is 0. The predicted octanol–water partition coefficient (Wildman–Crippen LogP) is 4.16. The maximum absolute atomic E-state index is 14.5. The van der Waals surface area contributed by atoms with Crippen molar-refractivity contribution < 1.29 is 27.5 Å². The van der Waals surface area contributed by atoms with Crippen LogP contribution in [-0.4, -0.2) is 76.0 Å². The Balaban J connectivity index is 1.19. The van der Waals surface area contributed by atoms with Crippen molar-refractivity contribution in [2.24, 2.45) is 5.92 Å². The maximum atomic E-state index is 14.5. The number of para-hydroxylation sites is 3. The number of aryl methyl sites for hydroxylation is 1. The first-order valence-electron chi connectivity index (χ1n) is 17.6. The van der Waals surface area contributed by atoms with Gasteiger partial charge in [-0.25, -0.2) is 18.4 Å². The van der Waals surface area contributed by atoms with Gasteiger partial charge in [0.2, 0.25) is 27.7 Å². The van der Waals surface area contributed by atoms with E-state index in [4.69, 9.17) is 4.74 Å². The lowest BCUT2D eigenvalue weighted by atomic mass is 10.0. The molecule has 5 atom stereocenters. The molecular formula is C37H44N6O6S. The van der Waals surface area contributed by atoms with Gasteiger partial charge in [0, 0.05) is 18.0 Å². The maximum Gasteiger partial charge on any atom is 0.259 e. The number of hydrogen-bond acceptors (Lipinski definition) is 9. The lowest BCUT2D eigenvalue weighted by molar-refractivity contribution is -0.140. The highest BCUT2D eigenvalue weighted by atomic mass is 32.2. The van der Waals surface area contributed by atoms with Crippen LogP contribution in [0.15, 0.2) is 66.7 Å². The van der Waals surface area contributed by atoms with Gasteiger partial charge in [-0.1, -0.05) is 55.3 Å². The van der Waals surface area contributed by atoms with E-state index in [9.17, 15) is 22.8 Å². The number of ether oxygens (including phenoxy) is 1. The first-order chi connectivity index (χ1) is 24.0. The van der Waals surface area contributed by atoms with Crippen LogP contribution < -0.4 is 20.1 Å². The van der Waals surface area contributed by atoms with Crippen molar-refractivity contribution >= 4 is 44.5 Å². The number of nitrogens with one attached hydrogen (secondary N) is 3. The van der Waals surface area contributed by atoms with E-state index in [0.29, 0.717) is 36.4 Å². The fourth-order valence-electron chi connectivity index (χ4n) is 7.02. The van der Waals surface area contributed by atoms with Crippen LogP contribution in [0.2, 0.25) is 0 Å². The van der Waals surface area contributed by atoms with Crippen LogP contribution in [0.25, 0.3) is 11.0 Å². The molecule has 3 heterocycles. The molecule has 12 nitrogen and oxygen atoms in total. The topological polar surface area (TPSA) is 160 Å². The Labute approximate surface area is 292 Å². The van der Waals surface area contributed by atoms with Crippen molar-refractivity contribution in [1.82, 2.24) is 24.9 Å². The average Bonchev–Trinajstić information content (AvgIpc) is 3.97. The van der Waals surface area contributed by atoms with Crippen LogP contribution in [0.3, 0.4) is 0 Å². The minimum Gasteiger partial charge on any atom is -0.471 e. The molecule has 3 N–H and O–H groups in total. The van der Waals surface area contributed by atoms with Crippen LogP contribution >= 0.6 is 0 Å². The number of allylic oxidation sites excluding steroid dienone is 1. The van der Waals surface area contributed by atoms with Gasteiger partial charge in [0.25, 0.3) is 5.91 Å². The van der Waals surface area contributed by atoms with E-state index in [1.54, 1.807) is 18.7 Å². The molecule has 1 saturated heterocycles. The summed E-state index contributed by atoms with van der Waals surface area (Å²) in [6.07, 6.45) is 8.60. The summed E-state index contributed by atoms with van der Waals surface area (Å²) in [6, 6.07) is 15.4. The lowest BCUT2D eigenvalue weighted by Gasteiger charge is -2.30. The fraction of sp³-hybridized carbons (Fsp3) is 0.486. The van der Waals surface area contributed by atoms with Gasteiger partial charge in [-0.2, -0.15) is 0 Å². The molecule has 0 unspecified atom stereocenters. The van der Waals surface area contributed by atoms with Gasteiger partial charge in [0.05, 0.1) is 22.3 Å². The first kappa shape index (κ1) is 34.0. The number of amides is 3. The Bertz CT molecular complexity index is 1930. The third-order valence-electron chi connectivity index (χ3n) is 10.6. The molecule has 50 heavy (non-hydrogen) atoms. The Morgan fingerprint density at radius 1 is 1.00 bits per heavy atom. The largest absolute Gasteiger partial charge is 0.471 e. The van der Waals surface area contributed by atoms with Gasteiger partial charge < -0.3 is 20.3 Å². The first-order valence-corrected chi connectivity index (χ1v) is 19.0. The molecule has 2 aromatic carbocycles. The number of nitrogens with zero attached hydrogens (tertiary/aromatic N) is 3. The zero-order valence-electron chi connectivity index (χ0n) is 28.4. The predicted molar refractivity (Wildman–Crippen MR) is 189 cm³/mol. The van der Waals surface area contributed by atoms with Crippen LogP contribution in [0.4, 0.5) is 5.69 Å². The fourth-order valence-corrected chi connectivity index (χ4v) is 8.34.